The van der Waals surface area contributed by atoms with Gasteiger partial charge in [-0.25, -0.2) is 9.78 Å². The summed E-state index contributed by atoms with van der Waals surface area (Å²) >= 11 is 14.5. The van der Waals surface area contributed by atoms with Crippen molar-refractivity contribution < 1.29 is 23.9 Å². The molecule has 0 amide bonds. The van der Waals surface area contributed by atoms with Crippen molar-refractivity contribution in [1.29, 1.82) is 0 Å². The molecule has 2 saturated carbocycles. The van der Waals surface area contributed by atoms with Gasteiger partial charge < -0.3 is 24.0 Å². The van der Waals surface area contributed by atoms with Crippen molar-refractivity contribution in [2.24, 2.45) is 0 Å². The number of halogens is 2. The lowest BCUT2D eigenvalue weighted by Crippen LogP contribution is -2.29. The number of benzene rings is 2. The minimum absolute atomic E-state index is 0.0618. The molecule has 41 heavy (non-hydrogen) atoms. The molecule has 2 heterocycles. The molecule has 216 valence electrons. The second-order valence-corrected chi connectivity index (χ2v) is 12.9. The first kappa shape index (κ1) is 28.3. The van der Waals surface area contributed by atoms with E-state index in [9.17, 15) is 9.90 Å². The van der Waals surface area contributed by atoms with Crippen LogP contribution in [0.5, 0.6) is 5.75 Å². The van der Waals surface area contributed by atoms with Crippen molar-refractivity contribution in [3.05, 3.63) is 57.3 Å². The summed E-state index contributed by atoms with van der Waals surface area (Å²) in [6, 6.07) is 8.88. The number of fused-ring (bicyclic) bond motifs is 1. The second kappa shape index (κ2) is 11.4. The molecule has 11 heteroatoms. The van der Waals surface area contributed by atoms with Gasteiger partial charge in [-0.3, -0.25) is 0 Å². The highest BCUT2D eigenvalue weighted by atomic mass is 35.5. The van der Waals surface area contributed by atoms with E-state index in [0.717, 1.165) is 53.3 Å². The summed E-state index contributed by atoms with van der Waals surface area (Å²) in [5.74, 6) is 0.742. The van der Waals surface area contributed by atoms with Crippen LogP contribution in [0, 0.1) is 0 Å². The van der Waals surface area contributed by atoms with Crippen LogP contribution in [0.15, 0.2) is 34.9 Å². The Morgan fingerprint density at radius 2 is 1.95 bits per heavy atom. The monoisotopic (exact) mass is 615 g/mol. The largest absolute Gasteiger partial charge is 0.489 e. The van der Waals surface area contributed by atoms with Gasteiger partial charge in [0, 0.05) is 30.1 Å². The molecule has 6 rings (SSSR count). The second-order valence-electron chi connectivity index (χ2n) is 11.0. The lowest BCUT2D eigenvalue weighted by Gasteiger charge is -2.24. The number of rotatable bonds is 10. The number of thiazole rings is 1. The molecule has 2 aromatic carbocycles. The van der Waals surface area contributed by atoms with Gasteiger partial charge in [0.1, 0.15) is 22.7 Å². The van der Waals surface area contributed by atoms with Gasteiger partial charge in [-0.15, -0.1) is 0 Å². The lowest BCUT2D eigenvalue weighted by molar-refractivity contribution is 0.0441. The van der Waals surface area contributed by atoms with E-state index in [2.05, 4.69) is 10.1 Å². The van der Waals surface area contributed by atoms with Crippen LogP contribution in [0.4, 0.5) is 5.13 Å². The molecule has 2 fully saturated rings. The molecule has 0 radical (unpaired) electrons. The molecule has 2 aliphatic carbocycles. The summed E-state index contributed by atoms with van der Waals surface area (Å²) in [7, 11) is 2.04. The molecule has 0 spiro atoms. The molecule has 0 saturated heterocycles. The van der Waals surface area contributed by atoms with Gasteiger partial charge in [-0.1, -0.05) is 45.8 Å². The van der Waals surface area contributed by atoms with E-state index in [0.29, 0.717) is 45.1 Å². The number of carboxylic acids is 1. The predicted octanol–water partition coefficient (Wildman–Crippen LogP) is 8.20. The number of aromatic nitrogens is 2. The fourth-order valence-electron chi connectivity index (χ4n) is 5.43. The Labute approximate surface area is 252 Å². The summed E-state index contributed by atoms with van der Waals surface area (Å²) in [6.45, 7) is 4.20. The van der Waals surface area contributed by atoms with E-state index < -0.39 is 5.97 Å². The minimum Gasteiger partial charge on any atom is -0.489 e. The first-order valence-electron chi connectivity index (χ1n) is 13.8. The Morgan fingerprint density at radius 1 is 1.20 bits per heavy atom. The van der Waals surface area contributed by atoms with E-state index in [-0.39, 0.29) is 23.8 Å². The maximum Gasteiger partial charge on any atom is 0.335 e. The van der Waals surface area contributed by atoms with Crippen LogP contribution in [0.3, 0.4) is 0 Å². The Kier molecular flexibility index (Phi) is 7.89. The normalized spacial score (nSPS) is 18.9. The van der Waals surface area contributed by atoms with E-state index in [1.165, 1.54) is 11.3 Å². The molecule has 0 unspecified atom stereocenters. The van der Waals surface area contributed by atoms with Crippen LogP contribution in [0.25, 0.3) is 21.5 Å². The van der Waals surface area contributed by atoms with Crippen LogP contribution in [-0.4, -0.2) is 46.5 Å². The molecule has 0 aliphatic heterocycles. The lowest BCUT2D eigenvalue weighted by atomic mass is 10.0. The standard InChI is InChI=1S/C30H31Cl2N3O5S/c1-15(2)39-23-11-17(29(36)37)12-24-27(23)33-30(41-24)35(3)18-9-10-19(13-18)38-14-20-26(34-40-28(20)16-7-8-16)25-21(31)5-4-6-22(25)32/h4-6,11-12,15-16,18-19H,7-10,13-14H2,1-3H3,(H,36,37)/t18-,19-/m0/s1. The molecule has 2 atom stereocenters. The first-order valence-corrected chi connectivity index (χ1v) is 15.4. The Balaban J connectivity index is 1.18. The number of hydrogen-bond acceptors (Lipinski definition) is 8. The van der Waals surface area contributed by atoms with E-state index in [1.54, 1.807) is 24.3 Å². The fourth-order valence-corrected chi connectivity index (χ4v) is 7.06. The zero-order valence-corrected chi connectivity index (χ0v) is 25.4. The summed E-state index contributed by atoms with van der Waals surface area (Å²) < 4.78 is 19.0. The molecule has 8 nitrogen and oxygen atoms in total. The van der Waals surface area contributed by atoms with E-state index in [1.807, 2.05) is 27.0 Å². The maximum absolute atomic E-state index is 11.7. The van der Waals surface area contributed by atoms with Gasteiger partial charge in [-0.2, -0.15) is 0 Å². The number of carboxylic acid groups (broad SMARTS) is 1. The van der Waals surface area contributed by atoms with E-state index in [4.69, 9.17) is 42.2 Å². The minimum atomic E-state index is -0.989. The van der Waals surface area contributed by atoms with Crippen molar-refractivity contribution in [3.8, 4) is 17.0 Å². The van der Waals surface area contributed by atoms with Crippen molar-refractivity contribution in [2.45, 2.75) is 76.7 Å². The Bertz CT molecular complexity index is 1580. The molecule has 4 aromatic rings. The zero-order chi connectivity index (χ0) is 28.8. The molecule has 2 aliphatic rings. The Hall–Kier alpha value is -2.85. The van der Waals surface area contributed by atoms with Crippen molar-refractivity contribution >= 4 is 55.9 Å². The van der Waals surface area contributed by atoms with Crippen molar-refractivity contribution in [3.63, 3.8) is 0 Å². The van der Waals surface area contributed by atoms with Gasteiger partial charge in [-0.05, 0) is 70.2 Å². The van der Waals surface area contributed by atoms with Gasteiger partial charge in [0.2, 0.25) is 0 Å². The first-order chi connectivity index (χ1) is 19.7. The van der Waals surface area contributed by atoms with E-state index >= 15 is 0 Å². The SMILES string of the molecule is CC(C)Oc1cc(C(=O)O)cc2sc(N(C)[C@H]3CC[C@H](OCc4c(-c5c(Cl)cccc5Cl)noc4C4CC4)C3)nc12. The zero-order valence-electron chi connectivity index (χ0n) is 23.0. The van der Waals surface area contributed by atoms with Crippen LogP contribution in [-0.2, 0) is 11.3 Å². The van der Waals surface area contributed by atoms with Gasteiger partial charge in [0.15, 0.2) is 5.13 Å². The summed E-state index contributed by atoms with van der Waals surface area (Å²) in [5.41, 5.74) is 3.14. The van der Waals surface area contributed by atoms with Crippen LogP contribution in [0.2, 0.25) is 10.0 Å². The molecule has 1 N–H and O–H groups in total. The van der Waals surface area contributed by atoms with Crippen LogP contribution in [0.1, 0.15) is 73.6 Å². The van der Waals surface area contributed by atoms with Crippen LogP contribution >= 0.6 is 34.5 Å². The highest BCUT2D eigenvalue weighted by Gasteiger charge is 2.35. The van der Waals surface area contributed by atoms with Crippen molar-refractivity contribution in [1.82, 2.24) is 10.1 Å². The molecule has 0 bridgehead atoms. The van der Waals surface area contributed by atoms with Crippen molar-refractivity contribution in [2.75, 3.05) is 11.9 Å². The topological polar surface area (TPSA) is 97.9 Å². The average Bonchev–Trinajstić information content (AvgIpc) is 3.31. The smallest absolute Gasteiger partial charge is 0.335 e. The third-order valence-electron chi connectivity index (χ3n) is 7.69. The molecule has 2 aromatic heterocycles. The highest BCUT2D eigenvalue weighted by molar-refractivity contribution is 7.22. The average molecular weight is 617 g/mol. The summed E-state index contributed by atoms with van der Waals surface area (Å²) in [5, 5.41) is 15.8. The highest BCUT2D eigenvalue weighted by Crippen LogP contribution is 2.46. The third-order valence-corrected chi connectivity index (χ3v) is 9.42. The number of anilines is 1. The number of aromatic carboxylic acids is 1. The number of nitrogens with zero attached hydrogens (tertiary/aromatic N) is 3. The third kappa shape index (κ3) is 5.78. The Morgan fingerprint density at radius 3 is 2.63 bits per heavy atom. The fraction of sp³-hybridized carbons (Fsp3) is 0.433. The number of hydrogen-bond donors (Lipinski definition) is 1. The summed E-state index contributed by atoms with van der Waals surface area (Å²) in [4.78, 5) is 18.7. The van der Waals surface area contributed by atoms with Gasteiger partial charge in [0.05, 0.1) is 39.1 Å². The number of ether oxygens (including phenoxy) is 2. The van der Waals surface area contributed by atoms with Gasteiger partial charge in [0.25, 0.3) is 0 Å². The quantitative estimate of drug-likeness (QED) is 0.191. The van der Waals surface area contributed by atoms with Gasteiger partial charge >= 0.3 is 5.97 Å². The maximum atomic E-state index is 11.7. The number of carbonyl (C=O) groups is 1. The summed E-state index contributed by atoms with van der Waals surface area (Å²) in [6.07, 6.45) is 4.83. The predicted molar refractivity (Wildman–Crippen MR) is 161 cm³/mol. The van der Waals surface area contributed by atoms with Crippen LogP contribution < -0.4 is 9.64 Å². The molecular weight excluding hydrogens is 585 g/mol. The molecular formula is C30H31Cl2N3O5S.